The number of nitro benzene ring substituents is 1. The minimum Gasteiger partial charge on any atom is -0.366 e. The van der Waals surface area contributed by atoms with E-state index in [9.17, 15) is 14.5 Å². The standard InChI is InChI=1S/C11H14FN3O2.ClH/c12-9-2-1-3-10(11(9)15(16)17)14-6-4-8(13)5-7-14;/h1-3,8H,4-7,13H2;1H. The second-order valence-electron chi connectivity index (χ2n) is 4.19. The number of hydrogen-bond donors (Lipinski definition) is 1. The number of nitrogens with zero attached hydrogens (tertiary/aromatic N) is 2. The minimum atomic E-state index is -0.789. The van der Waals surface area contributed by atoms with Crippen molar-refractivity contribution in [1.82, 2.24) is 0 Å². The van der Waals surface area contributed by atoms with E-state index in [-0.39, 0.29) is 18.4 Å². The lowest BCUT2D eigenvalue weighted by Crippen LogP contribution is -2.40. The monoisotopic (exact) mass is 275 g/mol. The second kappa shape index (κ2) is 5.97. The summed E-state index contributed by atoms with van der Waals surface area (Å²) in [7, 11) is 0. The highest BCUT2D eigenvalue weighted by Gasteiger charge is 2.26. The van der Waals surface area contributed by atoms with Gasteiger partial charge in [-0.1, -0.05) is 6.07 Å². The number of piperidine rings is 1. The van der Waals surface area contributed by atoms with Crippen LogP contribution in [0.25, 0.3) is 0 Å². The first-order valence-electron chi connectivity index (χ1n) is 5.53. The number of hydrogen-bond acceptors (Lipinski definition) is 4. The Balaban J connectivity index is 0.00000162. The molecule has 2 rings (SSSR count). The summed E-state index contributed by atoms with van der Waals surface area (Å²) >= 11 is 0. The highest BCUT2D eigenvalue weighted by molar-refractivity contribution is 5.85. The van der Waals surface area contributed by atoms with E-state index in [1.165, 1.54) is 6.07 Å². The van der Waals surface area contributed by atoms with Crippen molar-refractivity contribution in [3.8, 4) is 0 Å². The molecule has 0 spiro atoms. The molecule has 0 atom stereocenters. The Morgan fingerprint density at radius 2 is 2.00 bits per heavy atom. The zero-order valence-corrected chi connectivity index (χ0v) is 10.5. The van der Waals surface area contributed by atoms with Crippen LogP contribution < -0.4 is 10.6 Å². The van der Waals surface area contributed by atoms with Gasteiger partial charge in [-0.05, 0) is 25.0 Å². The van der Waals surface area contributed by atoms with Crippen LogP contribution in [-0.2, 0) is 0 Å². The molecule has 0 aromatic heterocycles. The Hall–Kier alpha value is -1.40. The van der Waals surface area contributed by atoms with E-state index < -0.39 is 16.4 Å². The van der Waals surface area contributed by atoms with Gasteiger partial charge in [-0.2, -0.15) is 4.39 Å². The van der Waals surface area contributed by atoms with Crippen LogP contribution >= 0.6 is 12.4 Å². The molecule has 5 nitrogen and oxygen atoms in total. The van der Waals surface area contributed by atoms with Gasteiger partial charge in [0.05, 0.1) is 4.92 Å². The van der Waals surface area contributed by atoms with Crippen LogP contribution in [0.1, 0.15) is 12.8 Å². The molecule has 0 amide bonds. The molecule has 1 aliphatic rings. The highest BCUT2D eigenvalue weighted by atomic mass is 35.5. The van der Waals surface area contributed by atoms with Gasteiger partial charge in [0.15, 0.2) is 0 Å². The van der Waals surface area contributed by atoms with Crippen LogP contribution in [0.15, 0.2) is 18.2 Å². The maximum absolute atomic E-state index is 13.4. The first-order chi connectivity index (χ1) is 8.09. The molecule has 18 heavy (non-hydrogen) atoms. The third-order valence-corrected chi connectivity index (χ3v) is 3.03. The first-order valence-corrected chi connectivity index (χ1v) is 5.53. The molecule has 1 saturated heterocycles. The molecular formula is C11H15ClFN3O2. The number of benzene rings is 1. The van der Waals surface area contributed by atoms with Gasteiger partial charge in [0.25, 0.3) is 0 Å². The SMILES string of the molecule is Cl.NC1CCN(c2cccc(F)c2[N+](=O)[O-])CC1. The number of rotatable bonds is 2. The average Bonchev–Trinajstić information content (AvgIpc) is 2.29. The second-order valence-corrected chi connectivity index (χ2v) is 4.19. The summed E-state index contributed by atoms with van der Waals surface area (Å²) in [5, 5.41) is 10.9. The Bertz CT molecular complexity index is 436. The Morgan fingerprint density at radius 1 is 1.39 bits per heavy atom. The number of para-hydroxylation sites is 1. The van der Waals surface area contributed by atoms with Crippen LogP contribution in [0, 0.1) is 15.9 Å². The fourth-order valence-corrected chi connectivity index (χ4v) is 2.08. The van der Waals surface area contributed by atoms with Crippen LogP contribution in [-0.4, -0.2) is 24.1 Å². The lowest BCUT2D eigenvalue weighted by Gasteiger charge is -2.31. The zero-order valence-electron chi connectivity index (χ0n) is 9.71. The zero-order chi connectivity index (χ0) is 12.4. The van der Waals surface area contributed by atoms with Crippen LogP contribution in [0.3, 0.4) is 0 Å². The van der Waals surface area contributed by atoms with Crippen LogP contribution in [0.2, 0.25) is 0 Å². The molecule has 7 heteroatoms. The van der Waals surface area contributed by atoms with Gasteiger partial charge in [0.1, 0.15) is 5.69 Å². The van der Waals surface area contributed by atoms with Crippen LogP contribution in [0.4, 0.5) is 15.8 Å². The molecule has 0 unspecified atom stereocenters. The van der Waals surface area contributed by atoms with Gasteiger partial charge in [0.2, 0.25) is 5.82 Å². The molecule has 100 valence electrons. The molecule has 0 bridgehead atoms. The number of halogens is 2. The van der Waals surface area contributed by atoms with E-state index in [0.717, 1.165) is 18.9 Å². The summed E-state index contributed by atoms with van der Waals surface area (Å²) < 4.78 is 13.4. The van der Waals surface area contributed by atoms with Crippen molar-refractivity contribution < 1.29 is 9.31 Å². The number of nitro groups is 1. The van der Waals surface area contributed by atoms with Gasteiger partial charge in [-0.25, -0.2) is 0 Å². The molecule has 1 aromatic rings. The quantitative estimate of drug-likeness (QED) is 0.662. The molecule has 1 aromatic carbocycles. The summed E-state index contributed by atoms with van der Waals surface area (Å²) in [5.41, 5.74) is 5.68. The van der Waals surface area contributed by atoms with E-state index in [1.54, 1.807) is 6.07 Å². The van der Waals surface area contributed by atoms with Gasteiger partial charge < -0.3 is 10.6 Å². The first kappa shape index (κ1) is 14.7. The highest BCUT2D eigenvalue weighted by Crippen LogP contribution is 2.32. The summed E-state index contributed by atoms with van der Waals surface area (Å²) in [6.45, 7) is 1.26. The van der Waals surface area contributed by atoms with E-state index >= 15 is 0 Å². The molecule has 1 fully saturated rings. The van der Waals surface area contributed by atoms with Crippen molar-refractivity contribution in [3.63, 3.8) is 0 Å². The van der Waals surface area contributed by atoms with E-state index in [4.69, 9.17) is 5.73 Å². The van der Waals surface area contributed by atoms with Crippen molar-refractivity contribution in [2.24, 2.45) is 5.73 Å². The Labute approximate surface area is 110 Å². The molecule has 0 aliphatic carbocycles. The Morgan fingerprint density at radius 3 is 2.56 bits per heavy atom. The minimum absolute atomic E-state index is 0. The van der Waals surface area contributed by atoms with E-state index in [2.05, 4.69) is 0 Å². The summed E-state index contributed by atoms with van der Waals surface area (Å²) in [4.78, 5) is 12.0. The van der Waals surface area contributed by atoms with Crippen molar-refractivity contribution in [3.05, 3.63) is 34.1 Å². The van der Waals surface area contributed by atoms with E-state index in [0.29, 0.717) is 18.8 Å². The third kappa shape index (κ3) is 2.88. The Kier molecular flexibility index (Phi) is 4.86. The normalized spacial score (nSPS) is 16.2. The van der Waals surface area contributed by atoms with Crippen LogP contribution in [0.5, 0.6) is 0 Å². The van der Waals surface area contributed by atoms with Gasteiger partial charge in [-0.3, -0.25) is 10.1 Å². The molecule has 1 heterocycles. The molecule has 1 aliphatic heterocycles. The number of nitrogens with two attached hydrogens (primary N) is 1. The smallest absolute Gasteiger partial charge is 0.327 e. The largest absolute Gasteiger partial charge is 0.366 e. The lowest BCUT2D eigenvalue weighted by molar-refractivity contribution is -0.386. The molecular weight excluding hydrogens is 261 g/mol. The van der Waals surface area contributed by atoms with Crippen molar-refractivity contribution in [1.29, 1.82) is 0 Å². The summed E-state index contributed by atoms with van der Waals surface area (Å²) in [6.07, 6.45) is 1.54. The van der Waals surface area contributed by atoms with Crippen molar-refractivity contribution in [2.45, 2.75) is 18.9 Å². The predicted molar refractivity (Wildman–Crippen MR) is 69.7 cm³/mol. The summed E-state index contributed by atoms with van der Waals surface area (Å²) in [6, 6.07) is 4.32. The van der Waals surface area contributed by atoms with Gasteiger partial charge in [-0.15, -0.1) is 12.4 Å². The fourth-order valence-electron chi connectivity index (χ4n) is 2.08. The third-order valence-electron chi connectivity index (χ3n) is 3.03. The predicted octanol–water partition coefficient (Wildman–Crippen LogP) is 2.08. The maximum Gasteiger partial charge on any atom is 0.327 e. The van der Waals surface area contributed by atoms with Gasteiger partial charge >= 0.3 is 5.69 Å². The molecule has 0 saturated carbocycles. The number of anilines is 1. The summed E-state index contributed by atoms with van der Waals surface area (Å²) in [5.74, 6) is -0.789. The van der Waals surface area contributed by atoms with Crippen molar-refractivity contribution >= 4 is 23.8 Å². The van der Waals surface area contributed by atoms with E-state index in [1.807, 2.05) is 4.90 Å². The van der Waals surface area contributed by atoms with Crippen molar-refractivity contribution in [2.75, 3.05) is 18.0 Å². The molecule has 0 radical (unpaired) electrons. The fraction of sp³-hybridized carbons (Fsp3) is 0.455. The lowest BCUT2D eigenvalue weighted by atomic mass is 10.1. The maximum atomic E-state index is 13.4. The average molecular weight is 276 g/mol. The van der Waals surface area contributed by atoms with Gasteiger partial charge in [0, 0.05) is 19.1 Å². The molecule has 2 N–H and O–H groups in total. The topological polar surface area (TPSA) is 72.4 Å².